The van der Waals surface area contributed by atoms with E-state index in [4.69, 9.17) is 5.26 Å². The number of benzene rings is 1. The van der Waals surface area contributed by atoms with E-state index < -0.39 is 0 Å². The molecular weight excluding hydrogens is 229 g/mol. The van der Waals surface area contributed by atoms with Crippen LogP contribution in [0, 0.1) is 17.1 Å². The summed E-state index contributed by atoms with van der Waals surface area (Å²) >= 11 is 0. The fraction of sp³-hybridized carbons (Fsp3) is 0.143. The van der Waals surface area contributed by atoms with E-state index in [1.807, 2.05) is 18.0 Å². The monoisotopic (exact) mass is 241 g/mol. The highest BCUT2D eigenvalue weighted by atomic mass is 19.1. The van der Waals surface area contributed by atoms with E-state index >= 15 is 0 Å². The molecule has 0 aliphatic rings. The minimum atomic E-state index is -0.250. The predicted octanol–water partition coefficient (Wildman–Crippen LogP) is 2.73. The Morgan fingerprint density at radius 1 is 1.33 bits per heavy atom. The zero-order valence-corrected chi connectivity index (χ0v) is 9.97. The largest absolute Gasteiger partial charge is 0.355 e. The van der Waals surface area contributed by atoms with E-state index in [2.05, 4.69) is 11.1 Å². The highest BCUT2D eigenvalue weighted by Crippen LogP contribution is 2.14. The molecule has 3 nitrogen and oxygen atoms in total. The second kappa shape index (κ2) is 5.28. The molecule has 18 heavy (non-hydrogen) atoms. The Morgan fingerprint density at radius 2 is 2.17 bits per heavy atom. The van der Waals surface area contributed by atoms with Gasteiger partial charge in [0, 0.05) is 19.8 Å². The molecule has 0 aliphatic carbocycles. The average molecular weight is 241 g/mol. The third-order valence-corrected chi connectivity index (χ3v) is 2.57. The summed E-state index contributed by atoms with van der Waals surface area (Å²) in [6, 6.07) is 11.9. The Morgan fingerprint density at radius 3 is 2.89 bits per heavy atom. The van der Waals surface area contributed by atoms with Crippen LogP contribution < -0.4 is 4.90 Å². The Bertz CT molecular complexity index is 590. The molecule has 0 amide bonds. The zero-order valence-electron chi connectivity index (χ0n) is 9.97. The van der Waals surface area contributed by atoms with Gasteiger partial charge in [0.25, 0.3) is 0 Å². The molecule has 4 heteroatoms. The molecule has 0 atom stereocenters. The molecule has 0 unspecified atom stereocenters. The quantitative estimate of drug-likeness (QED) is 0.829. The third kappa shape index (κ3) is 2.83. The predicted molar refractivity (Wildman–Crippen MR) is 67.5 cm³/mol. The van der Waals surface area contributed by atoms with Crippen LogP contribution in [-0.4, -0.2) is 12.0 Å². The third-order valence-electron chi connectivity index (χ3n) is 2.57. The molecule has 0 radical (unpaired) electrons. The lowest BCUT2D eigenvalue weighted by Gasteiger charge is -2.18. The van der Waals surface area contributed by atoms with Crippen LogP contribution in [0.2, 0.25) is 0 Å². The summed E-state index contributed by atoms with van der Waals surface area (Å²) in [4.78, 5) is 6.06. The van der Waals surface area contributed by atoms with Gasteiger partial charge >= 0.3 is 0 Å². The maximum absolute atomic E-state index is 13.1. The van der Waals surface area contributed by atoms with Crippen molar-refractivity contribution >= 4 is 5.82 Å². The van der Waals surface area contributed by atoms with Gasteiger partial charge in [-0.1, -0.05) is 12.1 Å². The van der Waals surface area contributed by atoms with Gasteiger partial charge in [0.1, 0.15) is 11.6 Å². The molecule has 1 aromatic carbocycles. The summed E-state index contributed by atoms with van der Waals surface area (Å²) in [5.41, 5.74) is 1.42. The molecule has 0 spiro atoms. The summed E-state index contributed by atoms with van der Waals surface area (Å²) in [7, 11) is 1.86. The van der Waals surface area contributed by atoms with Crippen LogP contribution >= 0.6 is 0 Å². The molecule has 0 saturated heterocycles. The summed E-state index contributed by atoms with van der Waals surface area (Å²) in [6.45, 7) is 0.541. The lowest BCUT2D eigenvalue weighted by Crippen LogP contribution is -2.17. The lowest BCUT2D eigenvalue weighted by atomic mass is 10.2. The van der Waals surface area contributed by atoms with Crippen LogP contribution in [0.4, 0.5) is 10.2 Å². The van der Waals surface area contributed by atoms with Gasteiger partial charge in [0.15, 0.2) is 0 Å². The topological polar surface area (TPSA) is 39.9 Å². The molecule has 1 heterocycles. The summed E-state index contributed by atoms with van der Waals surface area (Å²) < 4.78 is 13.1. The maximum Gasteiger partial charge on any atom is 0.129 e. The lowest BCUT2D eigenvalue weighted by molar-refractivity contribution is 0.625. The zero-order chi connectivity index (χ0) is 13.0. The number of halogens is 1. The van der Waals surface area contributed by atoms with Crippen LogP contribution in [-0.2, 0) is 6.54 Å². The minimum Gasteiger partial charge on any atom is -0.355 e. The number of aromatic nitrogens is 1. The Hall–Kier alpha value is -2.41. The van der Waals surface area contributed by atoms with Crippen molar-refractivity contribution in [1.29, 1.82) is 5.26 Å². The normalized spacial score (nSPS) is 9.83. The number of nitrogens with zero attached hydrogens (tertiary/aromatic N) is 3. The number of pyridine rings is 1. The molecule has 0 bridgehead atoms. The maximum atomic E-state index is 13.1. The van der Waals surface area contributed by atoms with Gasteiger partial charge in [0.2, 0.25) is 0 Å². The molecule has 0 fully saturated rings. The molecular formula is C14H12FN3. The van der Waals surface area contributed by atoms with Gasteiger partial charge in [-0.2, -0.15) is 5.26 Å². The van der Waals surface area contributed by atoms with E-state index in [0.29, 0.717) is 17.9 Å². The van der Waals surface area contributed by atoms with Gasteiger partial charge < -0.3 is 4.90 Å². The fourth-order valence-electron chi connectivity index (χ4n) is 1.69. The number of nitriles is 1. The van der Waals surface area contributed by atoms with E-state index in [-0.39, 0.29) is 5.82 Å². The van der Waals surface area contributed by atoms with Crippen molar-refractivity contribution in [2.45, 2.75) is 6.54 Å². The first-order valence-electron chi connectivity index (χ1n) is 5.51. The van der Waals surface area contributed by atoms with Crippen molar-refractivity contribution < 1.29 is 4.39 Å². The van der Waals surface area contributed by atoms with Crippen molar-refractivity contribution in [2.24, 2.45) is 0 Å². The molecule has 2 rings (SSSR count). The summed E-state index contributed by atoms with van der Waals surface area (Å²) in [5.74, 6) is 0.443. The van der Waals surface area contributed by atoms with E-state index in [1.165, 1.54) is 12.1 Å². The van der Waals surface area contributed by atoms with Crippen LogP contribution in [0.25, 0.3) is 0 Å². The van der Waals surface area contributed by atoms with Gasteiger partial charge in [0.05, 0.1) is 11.6 Å². The highest BCUT2D eigenvalue weighted by molar-refractivity contribution is 5.44. The van der Waals surface area contributed by atoms with Crippen LogP contribution in [0.3, 0.4) is 0 Å². The molecule has 0 N–H and O–H groups in total. The van der Waals surface area contributed by atoms with Crippen molar-refractivity contribution in [3.63, 3.8) is 0 Å². The first-order valence-corrected chi connectivity index (χ1v) is 5.51. The first-order chi connectivity index (χ1) is 8.69. The average Bonchev–Trinajstić information content (AvgIpc) is 2.39. The Balaban J connectivity index is 2.17. The van der Waals surface area contributed by atoms with Crippen molar-refractivity contribution in [3.8, 4) is 6.07 Å². The molecule has 2 aromatic rings. The number of hydrogen-bond acceptors (Lipinski definition) is 3. The smallest absolute Gasteiger partial charge is 0.129 e. The summed E-state index contributed by atoms with van der Waals surface area (Å²) in [5, 5.41) is 8.82. The second-order valence-corrected chi connectivity index (χ2v) is 4.00. The fourth-order valence-corrected chi connectivity index (χ4v) is 1.69. The van der Waals surface area contributed by atoms with E-state index in [1.54, 1.807) is 24.4 Å². The van der Waals surface area contributed by atoms with Crippen molar-refractivity contribution in [2.75, 3.05) is 11.9 Å². The van der Waals surface area contributed by atoms with Crippen LogP contribution in [0.1, 0.15) is 11.1 Å². The van der Waals surface area contributed by atoms with Gasteiger partial charge in [-0.15, -0.1) is 0 Å². The van der Waals surface area contributed by atoms with Crippen molar-refractivity contribution in [1.82, 2.24) is 4.98 Å². The second-order valence-electron chi connectivity index (χ2n) is 4.00. The minimum absolute atomic E-state index is 0.250. The number of anilines is 1. The first kappa shape index (κ1) is 12.1. The Kier molecular flexibility index (Phi) is 3.54. The standard InChI is InChI=1S/C14H12FN3/c1-18(10-12-3-2-4-13(15)7-12)14-8-11(9-16)5-6-17-14/h2-8H,10H2,1H3. The summed E-state index contributed by atoms with van der Waals surface area (Å²) in [6.07, 6.45) is 1.59. The SMILES string of the molecule is CN(Cc1cccc(F)c1)c1cc(C#N)ccn1. The van der Waals surface area contributed by atoms with E-state index in [9.17, 15) is 4.39 Å². The van der Waals surface area contributed by atoms with Crippen molar-refractivity contribution in [3.05, 3.63) is 59.5 Å². The van der Waals surface area contributed by atoms with Crippen LogP contribution in [0.5, 0.6) is 0 Å². The van der Waals surface area contributed by atoms with Gasteiger partial charge in [-0.05, 0) is 29.8 Å². The van der Waals surface area contributed by atoms with Crippen LogP contribution in [0.15, 0.2) is 42.6 Å². The molecule has 0 aliphatic heterocycles. The molecule has 90 valence electrons. The molecule has 1 aromatic heterocycles. The number of hydrogen-bond donors (Lipinski definition) is 0. The van der Waals surface area contributed by atoms with Gasteiger partial charge in [-0.25, -0.2) is 9.37 Å². The highest BCUT2D eigenvalue weighted by Gasteiger charge is 2.05. The van der Waals surface area contributed by atoms with E-state index in [0.717, 1.165) is 5.56 Å². The van der Waals surface area contributed by atoms with Gasteiger partial charge in [-0.3, -0.25) is 0 Å². The number of rotatable bonds is 3. The Labute approximate surface area is 105 Å². The molecule has 0 saturated carbocycles.